The molecule has 0 amide bonds. The first-order valence-electron chi connectivity index (χ1n) is 10.8. The van der Waals surface area contributed by atoms with Crippen LogP contribution in [-0.4, -0.2) is 78.5 Å². The van der Waals surface area contributed by atoms with Crippen LogP contribution < -0.4 is 16.0 Å². The van der Waals surface area contributed by atoms with Gasteiger partial charge in [-0.15, -0.1) is 0 Å². The predicted octanol–water partition coefficient (Wildman–Crippen LogP) is 3.66. The zero-order valence-electron chi connectivity index (χ0n) is 18.8. The van der Waals surface area contributed by atoms with Crippen LogP contribution in [0, 0.1) is 0 Å². The van der Waals surface area contributed by atoms with E-state index >= 15 is 0 Å². The summed E-state index contributed by atoms with van der Waals surface area (Å²) in [5.74, 6) is 1.68. The topological polar surface area (TPSA) is 80.7 Å². The number of anilines is 3. The van der Waals surface area contributed by atoms with Crippen LogP contribution in [0.15, 0.2) is 29.5 Å². The third-order valence-corrected chi connectivity index (χ3v) is 6.67. The Labute approximate surface area is 199 Å². The zero-order chi connectivity index (χ0) is 22.7. The number of rotatable bonds is 6. The van der Waals surface area contributed by atoms with Gasteiger partial charge in [0.1, 0.15) is 11.7 Å². The van der Waals surface area contributed by atoms with Crippen molar-refractivity contribution in [1.29, 1.82) is 0 Å². The van der Waals surface area contributed by atoms with Crippen LogP contribution in [0.4, 0.5) is 17.2 Å². The summed E-state index contributed by atoms with van der Waals surface area (Å²) in [4.78, 5) is 18.4. The molecule has 2 aliphatic rings. The predicted molar refractivity (Wildman–Crippen MR) is 133 cm³/mol. The number of benzene rings is 1. The number of amidine groups is 1. The van der Waals surface area contributed by atoms with Gasteiger partial charge in [0.05, 0.1) is 51.6 Å². The highest BCUT2D eigenvalue weighted by atomic mass is 35.5. The van der Waals surface area contributed by atoms with Gasteiger partial charge in [-0.25, -0.2) is 4.98 Å². The highest BCUT2D eigenvalue weighted by Crippen LogP contribution is 2.40. The lowest BCUT2D eigenvalue weighted by Gasteiger charge is -2.46. The van der Waals surface area contributed by atoms with E-state index in [4.69, 9.17) is 28.2 Å². The molecular formula is C22H30Cl2N8. The molecule has 3 heterocycles. The number of halogens is 2. The standard InChI is InChI=1S/C22H30Cl2N8/c1-31(2)9-6-25-20-14-26-15(12-27-20)13-28-21-22(4-7-32(3)8-5-22)30-19-11-17(24)16(23)10-18(19)29-21/h10-12,14,30H,4-9,13H2,1-3H3,(H,25,27)(H,28,29). The van der Waals surface area contributed by atoms with Gasteiger partial charge in [0.15, 0.2) is 0 Å². The van der Waals surface area contributed by atoms with E-state index in [0.29, 0.717) is 16.6 Å². The molecule has 1 saturated heterocycles. The lowest BCUT2D eigenvalue weighted by molar-refractivity contribution is 0.240. The molecule has 1 aromatic carbocycles. The van der Waals surface area contributed by atoms with Gasteiger partial charge in [-0.05, 0) is 46.1 Å². The molecule has 3 N–H and O–H groups in total. The molecule has 172 valence electrons. The highest BCUT2D eigenvalue weighted by molar-refractivity contribution is 6.42. The van der Waals surface area contributed by atoms with E-state index in [1.54, 1.807) is 12.4 Å². The second-order valence-corrected chi connectivity index (χ2v) is 9.55. The van der Waals surface area contributed by atoms with Gasteiger partial charge in [-0.1, -0.05) is 23.2 Å². The number of likely N-dealkylation sites (tertiary alicyclic amines) is 1. The molecule has 0 aliphatic carbocycles. The molecule has 0 saturated carbocycles. The fourth-order valence-electron chi connectivity index (χ4n) is 3.97. The first-order valence-corrected chi connectivity index (χ1v) is 11.6. The molecule has 1 aromatic heterocycles. The summed E-state index contributed by atoms with van der Waals surface area (Å²) in [7, 11) is 6.23. The summed E-state index contributed by atoms with van der Waals surface area (Å²) in [6, 6.07) is 3.73. The van der Waals surface area contributed by atoms with Crippen molar-refractivity contribution in [2.24, 2.45) is 4.99 Å². The van der Waals surface area contributed by atoms with Crippen molar-refractivity contribution < 1.29 is 0 Å². The minimum atomic E-state index is -0.266. The molecule has 1 fully saturated rings. The Balaban J connectivity index is 1.52. The minimum Gasteiger partial charge on any atom is -0.371 e. The van der Waals surface area contributed by atoms with Crippen LogP contribution in [0.1, 0.15) is 18.5 Å². The Morgan fingerprint density at radius 1 is 1.12 bits per heavy atom. The molecule has 8 nitrogen and oxygen atoms in total. The van der Waals surface area contributed by atoms with Gasteiger partial charge in [-0.3, -0.25) is 9.98 Å². The van der Waals surface area contributed by atoms with Crippen LogP contribution in [0.25, 0.3) is 0 Å². The number of aromatic nitrogens is 2. The molecule has 0 radical (unpaired) electrons. The summed E-state index contributed by atoms with van der Waals surface area (Å²) in [5, 5.41) is 11.6. The zero-order valence-corrected chi connectivity index (χ0v) is 20.3. The third-order valence-electron chi connectivity index (χ3n) is 5.95. The Morgan fingerprint density at radius 3 is 2.50 bits per heavy atom. The van der Waals surface area contributed by atoms with Crippen molar-refractivity contribution in [3.63, 3.8) is 0 Å². The van der Waals surface area contributed by atoms with Gasteiger partial charge >= 0.3 is 0 Å². The largest absolute Gasteiger partial charge is 0.371 e. The molecule has 2 aromatic rings. The fraction of sp³-hybridized carbons (Fsp3) is 0.500. The third kappa shape index (κ3) is 5.26. The van der Waals surface area contributed by atoms with E-state index in [0.717, 1.165) is 67.7 Å². The Hall–Kier alpha value is -2.13. The Bertz CT molecular complexity index is 969. The van der Waals surface area contributed by atoms with Crippen molar-refractivity contribution in [3.8, 4) is 0 Å². The molecule has 4 rings (SSSR count). The molecule has 10 heteroatoms. The number of nitrogens with one attached hydrogen (secondary N) is 3. The molecule has 2 aliphatic heterocycles. The van der Waals surface area contributed by atoms with Gasteiger partial charge in [-0.2, -0.15) is 0 Å². The Kier molecular flexibility index (Phi) is 7.05. The molecule has 1 spiro atoms. The number of piperidine rings is 1. The number of hydrogen-bond donors (Lipinski definition) is 3. The summed E-state index contributed by atoms with van der Waals surface area (Å²) in [5.41, 5.74) is 2.39. The molecule has 0 unspecified atom stereocenters. The monoisotopic (exact) mass is 476 g/mol. The summed E-state index contributed by atoms with van der Waals surface area (Å²) in [6.07, 6.45) is 5.43. The van der Waals surface area contributed by atoms with Crippen molar-refractivity contribution in [3.05, 3.63) is 40.3 Å². The molecular weight excluding hydrogens is 447 g/mol. The SMILES string of the molecule is CN(C)CCNc1cnc(CN=C2Nc3cc(Cl)c(Cl)cc3NC23CCN(C)CC3)cn1. The molecule has 0 bridgehead atoms. The maximum atomic E-state index is 6.27. The normalized spacial score (nSPS) is 19.0. The van der Waals surface area contributed by atoms with Crippen molar-refractivity contribution >= 4 is 46.2 Å². The second kappa shape index (κ2) is 9.79. The van der Waals surface area contributed by atoms with E-state index in [1.807, 2.05) is 26.2 Å². The van der Waals surface area contributed by atoms with Gasteiger partial charge < -0.3 is 25.8 Å². The average molecular weight is 477 g/mol. The van der Waals surface area contributed by atoms with Crippen LogP contribution >= 0.6 is 23.2 Å². The molecule has 32 heavy (non-hydrogen) atoms. The highest BCUT2D eigenvalue weighted by Gasteiger charge is 2.42. The van der Waals surface area contributed by atoms with Gasteiger partial charge in [0, 0.05) is 26.2 Å². The Morgan fingerprint density at radius 2 is 1.84 bits per heavy atom. The number of fused-ring (bicyclic) bond motifs is 1. The van der Waals surface area contributed by atoms with Crippen molar-refractivity contribution in [2.45, 2.75) is 24.9 Å². The molecule has 0 atom stereocenters. The van der Waals surface area contributed by atoms with E-state index in [9.17, 15) is 0 Å². The van der Waals surface area contributed by atoms with Crippen LogP contribution in [0.5, 0.6) is 0 Å². The average Bonchev–Trinajstić information content (AvgIpc) is 2.76. The van der Waals surface area contributed by atoms with E-state index in [2.05, 4.69) is 42.8 Å². The van der Waals surface area contributed by atoms with E-state index in [-0.39, 0.29) is 5.54 Å². The lowest BCUT2D eigenvalue weighted by atomic mass is 9.84. The van der Waals surface area contributed by atoms with Crippen LogP contribution in [0.3, 0.4) is 0 Å². The first kappa shape index (κ1) is 23.0. The summed E-state index contributed by atoms with van der Waals surface area (Å²) < 4.78 is 0. The smallest absolute Gasteiger partial charge is 0.144 e. The first-order chi connectivity index (χ1) is 15.3. The van der Waals surface area contributed by atoms with Crippen molar-refractivity contribution in [1.82, 2.24) is 19.8 Å². The maximum Gasteiger partial charge on any atom is 0.144 e. The number of aliphatic imine (C=N–C) groups is 1. The van der Waals surface area contributed by atoms with E-state index in [1.165, 1.54) is 0 Å². The number of nitrogens with zero attached hydrogens (tertiary/aromatic N) is 5. The van der Waals surface area contributed by atoms with Gasteiger partial charge in [0.25, 0.3) is 0 Å². The van der Waals surface area contributed by atoms with Crippen LogP contribution in [-0.2, 0) is 6.54 Å². The summed E-state index contributed by atoms with van der Waals surface area (Å²) in [6.45, 7) is 4.17. The van der Waals surface area contributed by atoms with E-state index < -0.39 is 0 Å². The lowest BCUT2D eigenvalue weighted by Crippen LogP contribution is -2.58. The van der Waals surface area contributed by atoms with Gasteiger partial charge in [0.2, 0.25) is 0 Å². The summed E-state index contributed by atoms with van der Waals surface area (Å²) >= 11 is 12.5. The van der Waals surface area contributed by atoms with Crippen LogP contribution in [0.2, 0.25) is 10.0 Å². The number of likely N-dealkylation sites (N-methyl/N-ethyl adjacent to an activating group) is 1. The van der Waals surface area contributed by atoms with Crippen molar-refractivity contribution in [2.75, 3.05) is 63.3 Å². The number of hydrogen-bond acceptors (Lipinski definition) is 7. The maximum absolute atomic E-state index is 6.27. The quantitative estimate of drug-likeness (QED) is 0.586. The minimum absolute atomic E-state index is 0.266. The fourth-order valence-corrected chi connectivity index (χ4v) is 4.29. The second-order valence-electron chi connectivity index (χ2n) is 8.74.